The fourth-order valence-corrected chi connectivity index (χ4v) is 3.85. The van der Waals surface area contributed by atoms with Crippen LogP contribution in [0, 0.1) is 0 Å². The molecule has 1 aliphatic carbocycles. The van der Waals surface area contributed by atoms with Gasteiger partial charge in [0.1, 0.15) is 0 Å². The van der Waals surface area contributed by atoms with E-state index in [2.05, 4.69) is 19.2 Å². The SMILES string of the molecule is CC1(C)CN(C(=O)N[C@@H]2CCOC2)CC2(CCCC2)O1. The topological polar surface area (TPSA) is 50.8 Å². The van der Waals surface area contributed by atoms with Gasteiger partial charge in [0.15, 0.2) is 0 Å². The van der Waals surface area contributed by atoms with Gasteiger partial charge in [-0.1, -0.05) is 12.8 Å². The molecule has 0 aromatic rings. The molecule has 1 saturated carbocycles. The molecule has 5 heteroatoms. The number of hydrogen-bond donors (Lipinski definition) is 1. The number of nitrogens with one attached hydrogen (secondary N) is 1. The third-order valence-corrected chi connectivity index (χ3v) is 4.60. The minimum atomic E-state index is -0.258. The Balaban J connectivity index is 1.66. The van der Waals surface area contributed by atoms with E-state index in [1.165, 1.54) is 12.8 Å². The summed E-state index contributed by atoms with van der Waals surface area (Å²) >= 11 is 0. The molecule has 1 atom stereocenters. The van der Waals surface area contributed by atoms with Crippen LogP contribution in [-0.4, -0.2) is 54.5 Å². The molecule has 0 aromatic heterocycles. The molecule has 2 amide bonds. The van der Waals surface area contributed by atoms with Crippen LogP contribution in [0.1, 0.15) is 46.0 Å². The number of morpholine rings is 1. The number of rotatable bonds is 1. The van der Waals surface area contributed by atoms with E-state index in [9.17, 15) is 4.79 Å². The Morgan fingerprint density at radius 1 is 1.25 bits per heavy atom. The minimum Gasteiger partial charge on any atom is -0.379 e. The zero-order valence-electron chi connectivity index (χ0n) is 12.6. The van der Waals surface area contributed by atoms with E-state index in [4.69, 9.17) is 9.47 Å². The van der Waals surface area contributed by atoms with Gasteiger partial charge in [-0.3, -0.25) is 0 Å². The number of nitrogens with zero attached hydrogens (tertiary/aromatic N) is 1. The summed E-state index contributed by atoms with van der Waals surface area (Å²) in [5.41, 5.74) is -0.364. The number of carbonyl (C=O) groups excluding carboxylic acids is 1. The van der Waals surface area contributed by atoms with Gasteiger partial charge in [0.25, 0.3) is 0 Å². The van der Waals surface area contributed by atoms with Crippen molar-refractivity contribution in [2.24, 2.45) is 0 Å². The lowest BCUT2D eigenvalue weighted by Crippen LogP contribution is -2.62. The van der Waals surface area contributed by atoms with Crippen LogP contribution in [0.2, 0.25) is 0 Å². The van der Waals surface area contributed by atoms with E-state index < -0.39 is 0 Å². The average molecular weight is 282 g/mol. The average Bonchev–Trinajstić information content (AvgIpc) is 2.99. The molecule has 1 N–H and O–H groups in total. The maximum absolute atomic E-state index is 12.5. The van der Waals surface area contributed by atoms with Gasteiger partial charge in [0.05, 0.1) is 36.9 Å². The van der Waals surface area contributed by atoms with Crippen molar-refractivity contribution in [3.8, 4) is 0 Å². The molecular formula is C15H26N2O3. The Kier molecular flexibility index (Phi) is 3.67. The first kappa shape index (κ1) is 14.1. The summed E-state index contributed by atoms with van der Waals surface area (Å²) in [4.78, 5) is 14.4. The van der Waals surface area contributed by atoms with Gasteiger partial charge in [-0.25, -0.2) is 4.79 Å². The van der Waals surface area contributed by atoms with Crippen LogP contribution in [0.4, 0.5) is 4.79 Å². The van der Waals surface area contributed by atoms with E-state index in [0.29, 0.717) is 13.2 Å². The molecule has 5 nitrogen and oxygen atoms in total. The molecule has 0 radical (unpaired) electrons. The second-order valence-corrected chi connectivity index (χ2v) is 7.12. The van der Waals surface area contributed by atoms with Crippen LogP contribution in [0.25, 0.3) is 0 Å². The third kappa shape index (κ3) is 2.93. The van der Waals surface area contributed by atoms with Crippen molar-refractivity contribution in [2.45, 2.75) is 63.2 Å². The Labute approximate surface area is 121 Å². The molecule has 2 saturated heterocycles. The lowest BCUT2D eigenvalue weighted by molar-refractivity contribution is -0.184. The smallest absolute Gasteiger partial charge is 0.317 e. The molecular weight excluding hydrogens is 256 g/mol. The second kappa shape index (κ2) is 5.19. The van der Waals surface area contributed by atoms with E-state index in [1.807, 2.05) is 4.90 Å². The van der Waals surface area contributed by atoms with Crippen LogP contribution < -0.4 is 5.32 Å². The number of urea groups is 1. The van der Waals surface area contributed by atoms with Gasteiger partial charge in [-0.2, -0.15) is 0 Å². The summed E-state index contributed by atoms with van der Waals surface area (Å²) < 4.78 is 11.6. The predicted molar refractivity (Wildman–Crippen MR) is 75.7 cm³/mol. The van der Waals surface area contributed by atoms with Gasteiger partial charge in [-0.15, -0.1) is 0 Å². The Morgan fingerprint density at radius 3 is 2.65 bits per heavy atom. The van der Waals surface area contributed by atoms with Crippen LogP contribution in [0.3, 0.4) is 0 Å². The van der Waals surface area contributed by atoms with Crippen LogP contribution in [0.5, 0.6) is 0 Å². The molecule has 114 valence electrons. The van der Waals surface area contributed by atoms with Gasteiger partial charge >= 0.3 is 6.03 Å². The third-order valence-electron chi connectivity index (χ3n) is 4.60. The molecule has 0 aromatic carbocycles. The van der Waals surface area contributed by atoms with Crippen molar-refractivity contribution in [3.05, 3.63) is 0 Å². The first-order valence-corrected chi connectivity index (χ1v) is 7.82. The summed E-state index contributed by atoms with van der Waals surface area (Å²) in [5, 5.41) is 3.10. The fourth-order valence-electron chi connectivity index (χ4n) is 3.85. The van der Waals surface area contributed by atoms with Crippen LogP contribution in [0.15, 0.2) is 0 Å². The molecule has 2 aliphatic heterocycles. The van der Waals surface area contributed by atoms with Crippen molar-refractivity contribution < 1.29 is 14.3 Å². The molecule has 0 unspecified atom stereocenters. The highest BCUT2D eigenvalue weighted by Gasteiger charge is 2.47. The van der Waals surface area contributed by atoms with Gasteiger partial charge < -0.3 is 19.7 Å². The Morgan fingerprint density at radius 2 is 2.00 bits per heavy atom. The standard InChI is InChI=1S/C15H26N2O3/c1-14(2)10-17(11-15(20-14)6-3-4-7-15)13(18)16-12-5-8-19-9-12/h12H,3-11H2,1-2H3,(H,16,18)/t12-/m1/s1. The lowest BCUT2D eigenvalue weighted by atomic mass is 9.94. The Bertz CT molecular complexity index is 371. The van der Waals surface area contributed by atoms with Crippen molar-refractivity contribution >= 4 is 6.03 Å². The summed E-state index contributed by atoms with van der Waals surface area (Å²) in [6.45, 7) is 6.97. The molecule has 3 fully saturated rings. The molecule has 3 aliphatic rings. The maximum Gasteiger partial charge on any atom is 0.317 e. The lowest BCUT2D eigenvalue weighted by Gasteiger charge is -2.48. The van der Waals surface area contributed by atoms with Gasteiger partial charge in [0.2, 0.25) is 0 Å². The number of amides is 2. The van der Waals surface area contributed by atoms with Crippen molar-refractivity contribution in [3.63, 3.8) is 0 Å². The predicted octanol–water partition coefficient (Wildman–Crippen LogP) is 1.91. The highest BCUT2D eigenvalue weighted by atomic mass is 16.5. The maximum atomic E-state index is 12.5. The second-order valence-electron chi connectivity index (χ2n) is 7.12. The molecule has 1 spiro atoms. The highest BCUT2D eigenvalue weighted by Crippen LogP contribution is 2.40. The molecule has 3 rings (SSSR count). The van der Waals surface area contributed by atoms with Gasteiger partial charge in [0, 0.05) is 6.61 Å². The molecule has 20 heavy (non-hydrogen) atoms. The normalized spacial score (nSPS) is 31.7. The van der Waals surface area contributed by atoms with E-state index in [0.717, 1.165) is 32.4 Å². The zero-order valence-corrected chi connectivity index (χ0v) is 12.6. The highest BCUT2D eigenvalue weighted by molar-refractivity contribution is 5.75. The molecule has 0 bridgehead atoms. The minimum absolute atomic E-state index is 0.0446. The van der Waals surface area contributed by atoms with E-state index in [1.54, 1.807) is 0 Å². The quantitative estimate of drug-likeness (QED) is 0.799. The summed E-state index contributed by atoms with van der Waals surface area (Å²) in [6, 6.07) is 0.219. The van der Waals surface area contributed by atoms with Crippen molar-refractivity contribution in [2.75, 3.05) is 26.3 Å². The largest absolute Gasteiger partial charge is 0.379 e. The first-order valence-electron chi connectivity index (χ1n) is 7.82. The summed E-state index contributed by atoms with van der Waals surface area (Å²) in [5.74, 6) is 0. The van der Waals surface area contributed by atoms with Crippen molar-refractivity contribution in [1.29, 1.82) is 0 Å². The van der Waals surface area contributed by atoms with Crippen LogP contribution in [-0.2, 0) is 9.47 Å². The summed E-state index contributed by atoms with van der Waals surface area (Å²) in [7, 11) is 0. The monoisotopic (exact) mass is 282 g/mol. The van der Waals surface area contributed by atoms with E-state index >= 15 is 0 Å². The van der Waals surface area contributed by atoms with Crippen molar-refractivity contribution in [1.82, 2.24) is 10.2 Å². The Hall–Kier alpha value is -0.810. The summed E-state index contributed by atoms with van der Waals surface area (Å²) in [6.07, 6.45) is 5.49. The number of carbonyl (C=O) groups is 1. The first-order chi connectivity index (χ1) is 9.48. The number of ether oxygens (including phenoxy) is 2. The number of hydrogen-bond acceptors (Lipinski definition) is 3. The van der Waals surface area contributed by atoms with Crippen LogP contribution >= 0.6 is 0 Å². The zero-order chi connectivity index (χ0) is 14.2. The van der Waals surface area contributed by atoms with Gasteiger partial charge in [-0.05, 0) is 33.1 Å². The fraction of sp³-hybridized carbons (Fsp3) is 0.933. The van der Waals surface area contributed by atoms with E-state index in [-0.39, 0.29) is 23.3 Å². The molecule has 2 heterocycles.